The van der Waals surface area contributed by atoms with Crippen molar-refractivity contribution in [2.45, 2.75) is 31.8 Å². The number of primary amides is 1. The number of amides is 3. The van der Waals surface area contributed by atoms with Crippen LogP contribution in [-0.4, -0.2) is 52.9 Å². The lowest BCUT2D eigenvalue weighted by molar-refractivity contribution is -0.143. The highest BCUT2D eigenvalue weighted by atomic mass is 32.2. The number of hydrogen-bond acceptors (Lipinski definition) is 5. The van der Waals surface area contributed by atoms with E-state index >= 15 is 0 Å². The van der Waals surface area contributed by atoms with E-state index in [1.165, 1.54) is 18.7 Å². The Morgan fingerprint density at radius 3 is 2.20 bits per heavy atom. The van der Waals surface area contributed by atoms with Crippen LogP contribution < -0.4 is 16.4 Å². The van der Waals surface area contributed by atoms with E-state index in [0.717, 1.165) is 0 Å². The van der Waals surface area contributed by atoms with Gasteiger partial charge in [-0.15, -0.1) is 0 Å². The number of rotatable bonds is 9. The summed E-state index contributed by atoms with van der Waals surface area (Å²) in [7, 11) is 0. The van der Waals surface area contributed by atoms with Crippen molar-refractivity contribution in [3.05, 3.63) is 0 Å². The number of aliphatic carboxylic acids is 1. The van der Waals surface area contributed by atoms with Gasteiger partial charge in [0.25, 0.3) is 0 Å². The normalized spacial score (nSPS) is 13.1. The van der Waals surface area contributed by atoms with Gasteiger partial charge in [-0.1, -0.05) is 0 Å². The van der Waals surface area contributed by atoms with Gasteiger partial charge in [-0.25, -0.2) is 4.79 Å². The fourth-order valence-corrected chi connectivity index (χ4v) is 1.89. The Balaban J connectivity index is 4.72. The van der Waals surface area contributed by atoms with Crippen molar-refractivity contribution in [2.75, 3.05) is 12.0 Å². The van der Waals surface area contributed by atoms with Crippen LogP contribution in [0.2, 0.25) is 0 Å². The van der Waals surface area contributed by atoms with E-state index in [4.69, 9.17) is 10.8 Å². The number of carbonyl (C=O) groups is 4. The molecule has 0 unspecified atom stereocenters. The second-order valence-corrected chi connectivity index (χ2v) is 5.09. The number of nitrogens with two attached hydrogens (primary N) is 1. The van der Waals surface area contributed by atoms with Gasteiger partial charge in [0.05, 0.1) is 6.42 Å². The molecule has 3 amide bonds. The van der Waals surface area contributed by atoms with Crippen LogP contribution in [0, 0.1) is 0 Å². The first-order valence-electron chi connectivity index (χ1n) is 5.85. The fraction of sp³-hybridized carbons (Fsp3) is 0.636. The van der Waals surface area contributed by atoms with Gasteiger partial charge in [-0.2, -0.15) is 11.8 Å². The largest absolute Gasteiger partial charge is 0.480 e. The summed E-state index contributed by atoms with van der Waals surface area (Å²) < 4.78 is 0. The predicted molar refractivity (Wildman–Crippen MR) is 74.0 cm³/mol. The highest BCUT2D eigenvalue weighted by Crippen LogP contribution is 2.02. The van der Waals surface area contributed by atoms with E-state index in [1.54, 1.807) is 0 Å². The maximum atomic E-state index is 11.9. The molecule has 0 aliphatic rings. The highest BCUT2D eigenvalue weighted by molar-refractivity contribution is 7.98. The number of nitrogens with one attached hydrogen (secondary N) is 2. The molecule has 0 rings (SSSR count). The fourth-order valence-electron chi connectivity index (χ4n) is 1.42. The number of hydrogen-bond donors (Lipinski definition) is 4. The molecule has 0 radical (unpaired) electrons. The molecule has 114 valence electrons. The molecule has 0 aliphatic heterocycles. The minimum Gasteiger partial charge on any atom is -0.480 e. The summed E-state index contributed by atoms with van der Waals surface area (Å²) in [5.74, 6) is -2.62. The monoisotopic (exact) mass is 305 g/mol. The number of thioether (sulfide) groups is 1. The smallest absolute Gasteiger partial charge is 0.326 e. The summed E-state index contributed by atoms with van der Waals surface area (Å²) in [6, 6.07) is -2.24. The molecule has 0 saturated carbocycles. The molecule has 0 spiro atoms. The Kier molecular flexibility index (Phi) is 8.37. The zero-order valence-electron chi connectivity index (χ0n) is 11.3. The minimum absolute atomic E-state index is 0.357. The molecule has 5 N–H and O–H groups in total. The third-order valence-electron chi connectivity index (χ3n) is 2.32. The van der Waals surface area contributed by atoms with Crippen LogP contribution in [0.4, 0.5) is 0 Å². The van der Waals surface area contributed by atoms with Gasteiger partial charge < -0.3 is 21.5 Å². The average molecular weight is 305 g/mol. The summed E-state index contributed by atoms with van der Waals surface area (Å²) in [5, 5.41) is 13.5. The molecule has 0 aromatic heterocycles. The minimum atomic E-state index is -1.40. The first-order valence-corrected chi connectivity index (χ1v) is 7.24. The molecule has 0 aromatic rings. The van der Waals surface area contributed by atoms with E-state index < -0.39 is 42.2 Å². The first kappa shape index (κ1) is 18.2. The molecule has 2 atom stereocenters. The first-order chi connectivity index (χ1) is 9.27. The molecule has 9 heteroatoms. The van der Waals surface area contributed by atoms with E-state index in [0.29, 0.717) is 12.2 Å². The Morgan fingerprint density at radius 1 is 1.20 bits per heavy atom. The van der Waals surface area contributed by atoms with Gasteiger partial charge in [0.15, 0.2) is 0 Å². The molecule has 0 heterocycles. The highest BCUT2D eigenvalue weighted by Gasteiger charge is 2.26. The zero-order valence-corrected chi connectivity index (χ0v) is 12.2. The second kappa shape index (κ2) is 9.18. The van der Waals surface area contributed by atoms with Crippen LogP contribution in [0.1, 0.15) is 19.8 Å². The topological polar surface area (TPSA) is 139 Å². The van der Waals surface area contributed by atoms with Crippen molar-refractivity contribution in [1.29, 1.82) is 0 Å². The second-order valence-electron chi connectivity index (χ2n) is 4.10. The van der Waals surface area contributed by atoms with E-state index in [2.05, 4.69) is 10.6 Å². The summed E-state index contributed by atoms with van der Waals surface area (Å²) >= 11 is 1.49. The van der Waals surface area contributed by atoms with Crippen molar-refractivity contribution in [3.8, 4) is 0 Å². The van der Waals surface area contributed by atoms with Crippen molar-refractivity contribution >= 4 is 35.5 Å². The van der Waals surface area contributed by atoms with Crippen LogP contribution in [0.25, 0.3) is 0 Å². The van der Waals surface area contributed by atoms with Crippen molar-refractivity contribution in [1.82, 2.24) is 10.6 Å². The molecule has 8 nitrogen and oxygen atoms in total. The summed E-state index contributed by atoms with van der Waals surface area (Å²) in [6.45, 7) is 1.26. The summed E-state index contributed by atoms with van der Waals surface area (Å²) in [5.41, 5.74) is 4.92. The quantitative estimate of drug-likeness (QED) is 0.417. The number of carboxylic acid groups (broad SMARTS) is 1. The van der Waals surface area contributed by atoms with Crippen LogP contribution >= 0.6 is 11.8 Å². The SMILES string of the molecule is CSCC[C@H](NC(C)=O)C(=O)N[C@@H](CC(N)=O)C(=O)O. The van der Waals surface area contributed by atoms with Gasteiger partial charge >= 0.3 is 5.97 Å². The Bertz CT molecular complexity index is 388. The maximum Gasteiger partial charge on any atom is 0.326 e. The van der Waals surface area contributed by atoms with E-state index in [9.17, 15) is 19.2 Å². The Morgan fingerprint density at radius 2 is 1.80 bits per heavy atom. The Hall–Kier alpha value is -1.77. The van der Waals surface area contributed by atoms with Gasteiger partial charge in [0, 0.05) is 6.92 Å². The van der Waals surface area contributed by atoms with Gasteiger partial charge in [0.2, 0.25) is 17.7 Å². The van der Waals surface area contributed by atoms with Gasteiger partial charge in [-0.05, 0) is 18.4 Å². The van der Waals surface area contributed by atoms with Crippen LogP contribution in [0.5, 0.6) is 0 Å². The zero-order chi connectivity index (χ0) is 15.7. The number of carbonyl (C=O) groups excluding carboxylic acids is 3. The third kappa shape index (κ3) is 7.62. The van der Waals surface area contributed by atoms with Crippen LogP contribution in [0.3, 0.4) is 0 Å². The van der Waals surface area contributed by atoms with Crippen LogP contribution in [-0.2, 0) is 19.2 Å². The molecule has 0 aromatic carbocycles. The molecular weight excluding hydrogens is 286 g/mol. The molecule has 0 bridgehead atoms. The van der Waals surface area contributed by atoms with Gasteiger partial charge in [0.1, 0.15) is 12.1 Å². The van der Waals surface area contributed by atoms with Crippen LogP contribution in [0.15, 0.2) is 0 Å². The third-order valence-corrected chi connectivity index (χ3v) is 2.97. The van der Waals surface area contributed by atoms with E-state index in [1.807, 2.05) is 6.26 Å². The summed E-state index contributed by atoms with van der Waals surface area (Å²) in [6.07, 6.45) is 1.70. The van der Waals surface area contributed by atoms with Crippen molar-refractivity contribution in [2.24, 2.45) is 5.73 Å². The van der Waals surface area contributed by atoms with E-state index in [-0.39, 0.29) is 0 Å². The maximum absolute atomic E-state index is 11.9. The lowest BCUT2D eigenvalue weighted by Gasteiger charge is -2.20. The Labute approximate surface area is 120 Å². The lowest BCUT2D eigenvalue weighted by atomic mass is 10.1. The molecule has 0 aliphatic carbocycles. The summed E-state index contributed by atoms with van der Waals surface area (Å²) in [4.78, 5) is 44.6. The molecule has 0 saturated heterocycles. The molecular formula is C11H19N3O5S. The average Bonchev–Trinajstić information content (AvgIpc) is 2.32. The van der Waals surface area contributed by atoms with Gasteiger partial charge in [-0.3, -0.25) is 14.4 Å². The standard InChI is InChI=1S/C11H19N3O5S/c1-6(15)13-7(3-4-20-2)10(17)14-8(11(18)19)5-9(12)16/h7-8H,3-5H2,1-2H3,(H2,12,16)(H,13,15)(H,14,17)(H,18,19)/t7-,8-/m0/s1. The lowest BCUT2D eigenvalue weighted by Crippen LogP contribution is -2.52. The molecule has 0 fully saturated rings. The predicted octanol–water partition coefficient (Wildman–Crippen LogP) is -1.31. The number of carboxylic acids is 1. The molecule has 20 heavy (non-hydrogen) atoms. The van der Waals surface area contributed by atoms with Crippen molar-refractivity contribution < 1.29 is 24.3 Å². The van der Waals surface area contributed by atoms with Crippen molar-refractivity contribution in [3.63, 3.8) is 0 Å².